The molecule has 0 aliphatic carbocycles. The van der Waals surface area contributed by atoms with Crippen molar-refractivity contribution in [2.75, 3.05) is 0 Å². The van der Waals surface area contributed by atoms with Crippen molar-refractivity contribution in [1.82, 2.24) is 0 Å². The van der Waals surface area contributed by atoms with Crippen LogP contribution < -0.4 is 0 Å². The Labute approximate surface area is 146 Å². The second-order valence-electron chi connectivity index (χ2n) is 4.96. The van der Waals surface area contributed by atoms with E-state index in [4.69, 9.17) is 0 Å². The van der Waals surface area contributed by atoms with E-state index in [1.165, 1.54) is 23.5 Å². The number of ketones is 1. The molecule has 1 nitrogen and oxygen atoms in total. The molecule has 110 valence electrons. The zero-order valence-electron chi connectivity index (χ0n) is 11.8. The van der Waals surface area contributed by atoms with E-state index in [2.05, 4.69) is 22.6 Å². The van der Waals surface area contributed by atoms with E-state index in [0.717, 1.165) is 25.1 Å². The molecule has 4 heteroatoms. The standard InChI is InChI=1S/C18H12FIOS/c1-11-5-6-14(20)10-15(11)18(21)17-8-7-16(22-17)12-3-2-4-13(19)9-12/h2-10H,1H3. The van der Waals surface area contributed by atoms with Crippen molar-refractivity contribution in [3.8, 4) is 10.4 Å². The molecular formula is C18H12FIOS. The number of halogens is 2. The summed E-state index contributed by atoms with van der Waals surface area (Å²) in [6, 6.07) is 15.9. The summed E-state index contributed by atoms with van der Waals surface area (Å²) in [5, 5.41) is 0. The lowest BCUT2D eigenvalue weighted by Gasteiger charge is -2.04. The molecule has 0 atom stereocenters. The van der Waals surface area contributed by atoms with Gasteiger partial charge in [0.2, 0.25) is 5.78 Å². The fourth-order valence-corrected chi connectivity index (χ4v) is 3.68. The summed E-state index contributed by atoms with van der Waals surface area (Å²) >= 11 is 3.60. The van der Waals surface area contributed by atoms with Gasteiger partial charge in [-0.05, 0) is 77.0 Å². The monoisotopic (exact) mass is 422 g/mol. The Bertz CT molecular complexity index is 854. The lowest BCUT2D eigenvalue weighted by molar-refractivity contribution is 0.104. The van der Waals surface area contributed by atoms with Crippen LogP contribution in [0.25, 0.3) is 10.4 Å². The molecule has 0 amide bonds. The maximum atomic E-state index is 13.3. The Hall–Kier alpha value is -1.53. The first-order valence-corrected chi connectivity index (χ1v) is 8.61. The van der Waals surface area contributed by atoms with Gasteiger partial charge in [-0.2, -0.15) is 0 Å². The molecule has 0 fully saturated rings. The first kappa shape index (κ1) is 15.4. The predicted octanol–water partition coefficient (Wildman–Crippen LogP) is 5.70. The van der Waals surface area contributed by atoms with Gasteiger partial charge in [0.1, 0.15) is 5.82 Å². The van der Waals surface area contributed by atoms with Crippen LogP contribution in [0.5, 0.6) is 0 Å². The van der Waals surface area contributed by atoms with Gasteiger partial charge in [0.15, 0.2) is 0 Å². The number of carbonyl (C=O) groups excluding carboxylic acids is 1. The van der Waals surface area contributed by atoms with Crippen molar-refractivity contribution in [1.29, 1.82) is 0 Å². The molecule has 0 saturated carbocycles. The van der Waals surface area contributed by atoms with Gasteiger partial charge in [-0.3, -0.25) is 4.79 Å². The molecular weight excluding hydrogens is 410 g/mol. The van der Waals surface area contributed by atoms with Crippen LogP contribution in [0.2, 0.25) is 0 Å². The minimum atomic E-state index is -0.271. The second kappa shape index (κ2) is 6.30. The smallest absolute Gasteiger partial charge is 0.203 e. The summed E-state index contributed by atoms with van der Waals surface area (Å²) in [5.74, 6) is -0.254. The number of hydrogen-bond donors (Lipinski definition) is 0. The highest BCUT2D eigenvalue weighted by Crippen LogP contribution is 2.30. The number of rotatable bonds is 3. The third kappa shape index (κ3) is 3.13. The summed E-state index contributed by atoms with van der Waals surface area (Å²) < 4.78 is 14.4. The fourth-order valence-electron chi connectivity index (χ4n) is 2.23. The van der Waals surface area contributed by atoms with E-state index < -0.39 is 0 Å². The fraction of sp³-hybridized carbons (Fsp3) is 0.0556. The highest BCUT2D eigenvalue weighted by Gasteiger charge is 2.15. The van der Waals surface area contributed by atoms with Gasteiger partial charge >= 0.3 is 0 Å². The Morgan fingerprint density at radius 2 is 1.91 bits per heavy atom. The SMILES string of the molecule is Cc1ccc(I)cc1C(=O)c1ccc(-c2cccc(F)c2)s1. The van der Waals surface area contributed by atoms with Gasteiger partial charge < -0.3 is 0 Å². The minimum absolute atomic E-state index is 0.0173. The number of aryl methyl sites for hydroxylation is 1. The third-order valence-electron chi connectivity index (χ3n) is 3.38. The molecule has 0 bridgehead atoms. The highest BCUT2D eigenvalue weighted by molar-refractivity contribution is 14.1. The highest BCUT2D eigenvalue weighted by atomic mass is 127. The van der Waals surface area contributed by atoms with Crippen molar-refractivity contribution in [3.63, 3.8) is 0 Å². The lowest BCUT2D eigenvalue weighted by atomic mass is 10.0. The van der Waals surface area contributed by atoms with Crippen LogP contribution in [0.15, 0.2) is 54.6 Å². The van der Waals surface area contributed by atoms with E-state index in [1.54, 1.807) is 6.07 Å². The molecule has 0 aliphatic rings. The molecule has 0 unspecified atom stereocenters. The van der Waals surface area contributed by atoms with Crippen LogP contribution >= 0.6 is 33.9 Å². The average Bonchev–Trinajstić information content (AvgIpc) is 2.99. The topological polar surface area (TPSA) is 17.1 Å². The van der Waals surface area contributed by atoms with Gasteiger partial charge in [-0.25, -0.2) is 4.39 Å². The van der Waals surface area contributed by atoms with Crippen LogP contribution in [0.3, 0.4) is 0 Å². The Morgan fingerprint density at radius 1 is 1.09 bits per heavy atom. The number of thiophene rings is 1. The molecule has 22 heavy (non-hydrogen) atoms. The van der Waals surface area contributed by atoms with Crippen molar-refractivity contribution in [3.05, 3.63) is 80.0 Å². The van der Waals surface area contributed by atoms with Gasteiger partial charge in [0.25, 0.3) is 0 Å². The van der Waals surface area contributed by atoms with Crippen molar-refractivity contribution < 1.29 is 9.18 Å². The Balaban J connectivity index is 1.97. The molecule has 3 rings (SSSR count). The van der Waals surface area contributed by atoms with Gasteiger partial charge in [0.05, 0.1) is 4.88 Å². The second-order valence-corrected chi connectivity index (χ2v) is 7.29. The Morgan fingerprint density at radius 3 is 2.68 bits per heavy atom. The molecule has 1 heterocycles. The minimum Gasteiger partial charge on any atom is -0.288 e. The molecule has 0 aliphatic heterocycles. The van der Waals surface area contributed by atoms with Crippen molar-refractivity contribution in [2.24, 2.45) is 0 Å². The Kier molecular flexibility index (Phi) is 4.40. The van der Waals surface area contributed by atoms with Crippen molar-refractivity contribution >= 4 is 39.7 Å². The third-order valence-corrected chi connectivity index (χ3v) is 5.19. The molecule has 3 aromatic rings. The molecule has 0 N–H and O–H groups in total. The lowest BCUT2D eigenvalue weighted by Crippen LogP contribution is -2.01. The summed E-state index contributed by atoms with van der Waals surface area (Å²) in [6.07, 6.45) is 0. The first-order valence-electron chi connectivity index (χ1n) is 6.71. The quantitative estimate of drug-likeness (QED) is 0.391. The van der Waals surface area contributed by atoms with Crippen LogP contribution in [-0.2, 0) is 0 Å². The van der Waals surface area contributed by atoms with Crippen LogP contribution in [0.1, 0.15) is 20.8 Å². The van der Waals surface area contributed by atoms with E-state index in [0.29, 0.717) is 4.88 Å². The van der Waals surface area contributed by atoms with E-state index >= 15 is 0 Å². The van der Waals surface area contributed by atoms with Gasteiger partial charge in [-0.15, -0.1) is 11.3 Å². The van der Waals surface area contributed by atoms with Gasteiger partial charge in [0, 0.05) is 14.0 Å². The van der Waals surface area contributed by atoms with Gasteiger partial charge in [-0.1, -0.05) is 18.2 Å². The summed E-state index contributed by atoms with van der Waals surface area (Å²) in [6.45, 7) is 1.93. The molecule has 1 aromatic heterocycles. The van der Waals surface area contributed by atoms with Crippen LogP contribution in [-0.4, -0.2) is 5.78 Å². The number of benzene rings is 2. The molecule has 2 aromatic carbocycles. The first-order chi connectivity index (χ1) is 10.5. The molecule has 0 radical (unpaired) electrons. The van der Waals surface area contributed by atoms with Crippen LogP contribution in [0, 0.1) is 16.3 Å². The summed E-state index contributed by atoms with van der Waals surface area (Å²) in [7, 11) is 0. The number of carbonyl (C=O) groups is 1. The van der Waals surface area contributed by atoms with E-state index in [1.807, 2.05) is 43.3 Å². The van der Waals surface area contributed by atoms with E-state index in [9.17, 15) is 9.18 Å². The summed E-state index contributed by atoms with van der Waals surface area (Å²) in [4.78, 5) is 14.2. The maximum absolute atomic E-state index is 13.3. The number of hydrogen-bond acceptors (Lipinski definition) is 2. The van der Waals surface area contributed by atoms with Crippen LogP contribution in [0.4, 0.5) is 4.39 Å². The van der Waals surface area contributed by atoms with E-state index in [-0.39, 0.29) is 11.6 Å². The van der Waals surface area contributed by atoms with Crippen molar-refractivity contribution in [2.45, 2.75) is 6.92 Å². The normalized spacial score (nSPS) is 10.7. The maximum Gasteiger partial charge on any atom is 0.203 e. The molecule has 0 saturated heterocycles. The molecule has 0 spiro atoms. The summed E-state index contributed by atoms with van der Waals surface area (Å²) in [5.41, 5.74) is 2.48. The predicted molar refractivity (Wildman–Crippen MR) is 97.0 cm³/mol. The zero-order chi connectivity index (χ0) is 15.7. The zero-order valence-corrected chi connectivity index (χ0v) is 14.7. The average molecular weight is 422 g/mol. The largest absolute Gasteiger partial charge is 0.288 e.